The fourth-order valence-corrected chi connectivity index (χ4v) is 4.01. The van der Waals surface area contributed by atoms with Crippen LogP contribution in [0.4, 0.5) is 0 Å². The Labute approximate surface area is 168 Å². The van der Waals surface area contributed by atoms with Crippen LogP contribution < -0.4 is 5.32 Å². The molecule has 0 saturated carbocycles. The van der Waals surface area contributed by atoms with Crippen LogP contribution in [-0.2, 0) is 0 Å². The number of fused-ring (bicyclic) bond motifs is 1. The normalized spacial score (nSPS) is 18.9. The SMILES string of the molecule is CNC1CCC(c2ccc(Cl)c(Cl)c2)c2ccc(-c3nc[nH]n3)cc21.Cl. The number of H-pyrrole nitrogens is 1. The highest BCUT2D eigenvalue weighted by atomic mass is 35.5. The predicted octanol–water partition coefficient (Wildman–Crippen LogP) is 5.39. The number of nitrogens with zero attached hydrogens (tertiary/aromatic N) is 2. The minimum atomic E-state index is 0. The topological polar surface area (TPSA) is 53.6 Å². The minimum absolute atomic E-state index is 0. The maximum Gasteiger partial charge on any atom is 0.180 e. The van der Waals surface area contributed by atoms with E-state index in [1.54, 1.807) is 6.33 Å². The molecule has 3 aromatic rings. The molecule has 2 N–H and O–H groups in total. The number of halogens is 3. The van der Waals surface area contributed by atoms with E-state index in [1.807, 2.05) is 19.2 Å². The monoisotopic (exact) mass is 408 g/mol. The quantitative estimate of drug-likeness (QED) is 0.610. The van der Waals surface area contributed by atoms with Crippen molar-refractivity contribution in [2.45, 2.75) is 24.8 Å². The summed E-state index contributed by atoms with van der Waals surface area (Å²) in [5.41, 5.74) is 4.85. The molecule has 0 fully saturated rings. The number of benzene rings is 2. The highest BCUT2D eigenvalue weighted by molar-refractivity contribution is 6.42. The van der Waals surface area contributed by atoms with Crippen LogP contribution in [0.3, 0.4) is 0 Å². The van der Waals surface area contributed by atoms with E-state index in [-0.39, 0.29) is 12.4 Å². The maximum absolute atomic E-state index is 6.24. The molecule has 136 valence electrons. The summed E-state index contributed by atoms with van der Waals surface area (Å²) in [4.78, 5) is 4.27. The van der Waals surface area contributed by atoms with Crippen molar-refractivity contribution >= 4 is 35.6 Å². The number of nitrogens with one attached hydrogen (secondary N) is 2. The summed E-state index contributed by atoms with van der Waals surface area (Å²) >= 11 is 12.3. The molecule has 1 aliphatic carbocycles. The summed E-state index contributed by atoms with van der Waals surface area (Å²) in [5, 5.41) is 11.6. The Morgan fingerprint density at radius 2 is 1.88 bits per heavy atom. The van der Waals surface area contributed by atoms with Crippen molar-refractivity contribution in [3.8, 4) is 11.4 Å². The van der Waals surface area contributed by atoms with Gasteiger partial charge in [0, 0.05) is 17.5 Å². The van der Waals surface area contributed by atoms with Crippen molar-refractivity contribution in [1.29, 1.82) is 0 Å². The molecule has 0 bridgehead atoms. The maximum atomic E-state index is 6.24. The van der Waals surface area contributed by atoms with Crippen molar-refractivity contribution in [1.82, 2.24) is 20.5 Å². The van der Waals surface area contributed by atoms with Crippen molar-refractivity contribution in [2.24, 2.45) is 0 Å². The summed E-state index contributed by atoms with van der Waals surface area (Å²) in [7, 11) is 2.01. The molecule has 4 nitrogen and oxygen atoms in total. The van der Waals surface area contributed by atoms with Gasteiger partial charge in [0.2, 0.25) is 0 Å². The van der Waals surface area contributed by atoms with Gasteiger partial charge >= 0.3 is 0 Å². The van der Waals surface area contributed by atoms with E-state index < -0.39 is 0 Å². The average Bonchev–Trinajstić information content (AvgIpc) is 3.17. The molecule has 2 atom stereocenters. The molecular formula is C19H19Cl3N4. The van der Waals surface area contributed by atoms with Gasteiger partial charge in [-0.2, -0.15) is 5.10 Å². The van der Waals surface area contributed by atoms with Gasteiger partial charge in [-0.05, 0) is 54.8 Å². The molecule has 1 aromatic heterocycles. The second-order valence-electron chi connectivity index (χ2n) is 6.31. The second-order valence-corrected chi connectivity index (χ2v) is 7.13. The van der Waals surface area contributed by atoms with Gasteiger partial charge in [0.15, 0.2) is 5.82 Å². The van der Waals surface area contributed by atoms with Gasteiger partial charge in [-0.1, -0.05) is 41.4 Å². The van der Waals surface area contributed by atoms with Gasteiger partial charge in [-0.25, -0.2) is 4.98 Å². The Hall–Kier alpha value is -1.59. The Morgan fingerprint density at radius 3 is 2.58 bits per heavy atom. The Bertz CT molecular complexity index is 896. The molecular weight excluding hydrogens is 391 g/mol. The van der Waals surface area contributed by atoms with Crippen LogP contribution in [0.15, 0.2) is 42.7 Å². The van der Waals surface area contributed by atoms with Gasteiger partial charge in [0.1, 0.15) is 6.33 Å². The second kappa shape index (κ2) is 7.97. The Balaban J connectivity index is 0.00000196. The minimum Gasteiger partial charge on any atom is -0.313 e. The largest absolute Gasteiger partial charge is 0.313 e. The van der Waals surface area contributed by atoms with Gasteiger partial charge in [0.05, 0.1) is 10.0 Å². The molecule has 0 aliphatic heterocycles. The van der Waals surface area contributed by atoms with E-state index in [9.17, 15) is 0 Å². The summed E-state index contributed by atoms with van der Waals surface area (Å²) in [5.74, 6) is 1.03. The summed E-state index contributed by atoms with van der Waals surface area (Å²) in [6, 6.07) is 12.7. The lowest BCUT2D eigenvalue weighted by atomic mass is 9.76. The van der Waals surface area contributed by atoms with Gasteiger partial charge in [-0.15, -0.1) is 12.4 Å². The van der Waals surface area contributed by atoms with Crippen LogP contribution in [0.25, 0.3) is 11.4 Å². The molecule has 26 heavy (non-hydrogen) atoms. The summed E-state index contributed by atoms with van der Waals surface area (Å²) in [6.07, 6.45) is 3.73. The molecule has 2 aromatic carbocycles. The first-order valence-electron chi connectivity index (χ1n) is 8.29. The van der Waals surface area contributed by atoms with Crippen LogP contribution >= 0.6 is 35.6 Å². The highest BCUT2D eigenvalue weighted by Gasteiger charge is 2.28. The summed E-state index contributed by atoms with van der Waals surface area (Å²) in [6.45, 7) is 0. The van der Waals surface area contributed by atoms with Gasteiger partial charge in [-0.3, -0.25) is 5.10 Å². The van der Waals surface area contributed by atoms with Crippen LogP contribution in [0.2, 0.25) is 10.0 Å². The molecule has 0 radical (unpaired) electrons. The van der Waals surface area contributed by atoms with E-state index in [0.717, 1.165) is 18.4 Å². The van der Waals surface area contributed by atoms with Crippen molar-refractivity contribution in [2.75, 3.05) is 7.05 Å². The molecule has 0 spiro atoms. The van der Waals surface area contributed by atoms with Crippen LogP contribution in [0.5, 0.6) is 0 Å². The number of rotatable bonds is 3. The first kappa shape index (κ1) is 19.2. The van der Waals surface area contributed by atoms with Crippen LogP contribution in [0.1, 0.15) is 41.5 Å². The molecule has 1 aliphatic rings. The molecule has 0 saturated heterocycles. The average molecular weight is 410 g/mol. The number of aromatic nitrogens is 3. The van der Waals surface area contributed by atoms with Crippen molar-refractivity contribution < 1.29 is 0 Å². The zero-order valence-electron chi connectivity index (χ0n) is 14.2. The molecule has 4 rings (SSSR count). The van der Waals surface area contributed by atoms with Gasteiger partial charge < -0.3 is 5.32 Å². The van der Waals surface area contributed by atoms with E-state index in [4.69, 9.17) is 23.2 Å². The van der Waals surface area contributed by atoms with Crippen molar-refractivity contribution in [3.05, 3.63) is 69.5 Å². The number of aromatic amines is 1. The van der Waals surface area contributed by atoms with E-state index in [0.29, 0.717) is 27.8 Å². The van der Waals surface area contributed by atoms with E-state index >= 15 is 0 Å². The molecule has 1 heterocycles. The Kier molecular flexibility index (Phi) is 5.88. The Morgan fingerprint density at radius 1 is 1.04 bits per heavy atom. The lowest BCUT2D eigenvalue weighted by molar-refractivity contribution is 0.471. The first-order chi connectivity index (χ1) is 12.2. The third-order valence-corrected chi connectivity index (χ3v) is 5.69. The molecule has 2 unspecified atom stereocenters. The molecule has 0 amide bonds. The van der Waals surface area contributed by atoms with Crippen molar-refractivity contribution in [3.63, 3.8) is 0 Å². The lowest BCUT2D eigenvalue weighted by Gasteiger charge is -2.32. The highest BCUT2D eigenvalue weighted by Crippen LogP contribution is 2.43. The lowest BCUT2D eigenvalue weighted by Crippen LogP contribution is -2.24. The predicted molar refractivity (Wildman–Crippen MR) is 108 cm³/mol. The van der Waals surface area contributed by atoms with Crippen LogP contribution in [0, 0.1) is 0 Å². The van der Waals surface area contributed by atoms with E-state index in [1.165, 1.54) is 16.7 Å². The standard InChI is InChI=1S/C19H18Cl2N4.ClH/c1-22-18-7-5-13(11-3-6-16(20)17(21)9-11)14-4-2-12(8-15(14)18)19-23-10-24-25-19;/h2-4,6,8-10,13,18,22H,5,7H2,1H3,(H,23,24,25);1H. The third-order valence-electron chi connectivity index (χ3n) is 4.95. The first-order valence-corrected chi connectivity index (χ1v) is 9.05. The fraction of sp³-hybridized carbons (Fsp3) is 0.263. The van der Waals surface area contributed by atoms with E-state index in [2.05, 4.69) is 44.8 Å². The number of hydrogen-bond acceptors (Lipinski definition) is 3. The molecule has 7 heteroatoms. The van der Waals surface area contributed by atoms with Crippen LogP contribution in [-0.4, -0.2) is 22.2 Å². The smallest absolute Gasteiger partial charge is 0.180 e. The number of hydrogen-bond donors (Lipinski definition) is 2. The summed E-state index contributed by atoms with van der Waals surface area (Å²) < 4.78 is 0. The zero-order chi connectivity index (χ0) is 17.4. The van der Waals surface area contributed by atoms with Gasteiger partial charge in [0.25, 0.3) is 0 Å². The third kappa shape index (κ3) is 3.47. The zero-order valence-corrected chi connectivity index (χ0v) is 16.5. The fourth-order valence-electron chi connectivity index (χ4n) is 3.70.